The lowest BCUT2D eigenvalue weighted by atomic mass is 9.84. The highest BCUT2D eigenvalue weighted by Crippen LogP contribution is 2.42. The van der Waals surface area contributed by atoms with Gasteiger partial charge >= 0.3 is 6.03 Å². The SMILES string of the molecule is Cc1nc2c(n1C1CC3CCC(C1)N3CCCN(C(=O)Nc1cccnc1)c1ccccc1)CCN(C(=O)C1CCC1)C2. The number of para-hydroxylation sites is 1. The number of amides is 3. The maximum atomic E-state index is 13.3. The van der Waals surface area contributed by atoms with E-state index in [1.54, 1.807) is 12.4 Å². The maximum absolute atomic E-state index is 13.3. The Morgan fingerprint density at radius 1 is 1.00 bits per heavy atom. The second kappa shape index (κ2) is 12.1. The molecule has 226 valence electrons. The average Bonchev–Trinajstić information content (AvgIpc) is 3.44. The van der Waals surface area contributed by atoms with E-state index in [1.165, 1.54) is 25.0 Å². The van der Waals surface area contributed by atoms with Crippen LogP contribution in [0, 0.1) is 12.8 Å². The van der Waals surface area contributed by atoms with E-state index in [-0.39, 0.29) is 11.9 Å². The number of piperidine rings is 1. The molecule has 1 aliphatic carbocycles. The molecule has 2 saturated heterocycles. The van der Waals surface area contributed by atoms with Gasteiger partial charge in [-0.25, -0.2) is 9.78 Å². The Kier molecular flexibility index (Phi) is 7.91. The van der Waals surface area contributed by atoms with Gasteiger partial charge in [-0.3, -0.25) is 19.6 Å². The monoisotopic (exact) mass is 581 g/mol. The summed E-state index contributed by atoms with van der Waals surface area (Å²) < 4.78 is 2.54. The van der Waals surface area contributed by atoms with Crippen LogP contribution in [0.2, 0.25) is 0 Å². The minimum Gasteiger partial charge on any atom is -0.336 e. The molecule has 0 radical (unpaired) electrons. The van der Waals surface area contributed by atoms with Crippen LogP contribution in [0.3, 0.4) is 0 Å². The lowest BCUT2D eigenvalue weighted by molar-refractivity contribution is -0.139. The van der Waals surface area contributed by atoms with Crippen LogP contribution in [0.25, 0.3) is 0 Å². The summed E-state index contributed by atoms with van der Waals surface area (Å²) in [4.78, 5) is 42.0. The second-order valence-corrected chi connectivity index (χ2v) is 12.8. The van der Waals surface area contributed by atoms with Gasteiger partial charge in [-0.05, 0) is 76.1 Å². The third-order valence-corrected chi connectivity index (χ3v) is 10.2. The summed E-state index contributed by atoms with van der Waals surface area (Å²) in [6.45, 7) is 5.30. The average molecular weight is 582 g/mol. The molecular formula is C34H43N7O2. The van der Waals surface area contributed by atoms with Gasteiger partial charge in [-0.15, -0.1) is 0 Å². The largest absolute Gasteiger partial charge is 0.336 e. The van der Waals surface area contributed by atoms with Crippen LogP contribution < -0.4 is 10.2 Å². The summed E-state index contributed by atoms with van der Waals surface area (Å²) in [6.07, 6.45) is 13.3. The van der Waals surface area contributed by atoms with Gasteiger partial charge in [0, 0.05) is 67.7 Å². The van der Waals surface area contributed by atoms with Crippen molar-refractivity contribution in [3.05, 3.63) is 72.1 Å². The molecule has 9 heteroatoms. The lowest BCUT2D eigenvalue weighted by Crippen LogP contribution is -2.46. The van der Waals surface area contributed by atoms with E-state index in [2.05, 4.69) is 31.6 Å². The fraction of sp³-hybridized carbons (Fsp3) is 0.529. The van der Waals surface area contributed by atoms with Crippen molar-refractivity contribution in [1.82, 2.24) is 24.3 Å². The van der Waals surface area contributed by atoms with Gasteiger partial charge in [0.2, 0.25) is 5.91 Å². The Labute approximate surface area is 254 Å². The Balaban J connectivity index is 0.983. The van der Waals surface area contributed by atoms with Gasteiger partial charge in [0.25, 0.3) is 0 Å². The summed E-state index contributed by atoms with van der Waals surface area (Å²) in [6, 6.07) is 15.1. The van der Waals surface area contributed by atoms with E-state index in [0.29, 0.717) is 42.8 Å². The van der Waals surface area contributed by atoms with Crippen molar-refractivity contribution in [3.63, 3.8) is 0 Å². The molecular weight excluding hydrogens is 538 g/mol. The first-order valence-corrected chi connectivity index (χ1v) is 16.2. The number of benzene rings is 1. The minimum absolute atomic E-state index is 0.130. The third-order valence-electron chi connectivity index (χ3n) is 10.2. The van der Waals surface area contributed by atoms with E-state index in [0.717, 1.165) is 68.8 Å². The number of urea groups is 1. The van der Waals surface area contributed by atoms with Crippen LogP contribution in [-0.2, 0) is 17.8 Å². The first kappa shape index (κ1) is 28.1. The number of rotatable bonds is 8. The fourth-order valence-electron chi connectivity index (χ4n) is 7.94. The molecule has 1 N–H and O–H groups in total. The Morgan fingerprint density at radius 2 is 1.79 bits per heavy atom. The third kappa shape index (κ3) is 5.67. The molecule has 3 aromatic rings. The zero-order valence-electron chi connectivity index (χ0n) is 25.2. The zero-order valence-corrected chi connectivity index (χ0v) is 25.2. The number of fused-ring (bicyclic) bond motifs is 3. The highest BCUT2D eigenvalue weighted by atomic mass is 16.2. The predicted molar refractivity (Wildman–Crippen MR) is 167 cm³/mol. The Bertz CT molecular complexity index is 1420. The number of imidazole rings is 1. The van der Waals surface area contributed by atoms with Crippen molar-refractivity contribution < 1.29 is 9.59 Å². The van der Waals surface area contributed by atoms with Crippen LogP contribution in [-0.4, -0.2) is 68.0 Å². The van der Waals surface area contributed by atoms with E-state index in [4.69, 9.17) is 4.98 Å². The van der Waals surface area contributed by atoms with Gasteiger partial charge in [0.05, 0.1) is 24.1 Å². The van der Waals surface area contributed by atoms with Crippen LogP contribution in [0.1, 0.15) is 74.6 Å². The molecule has 9 nitrogen and oxygen atoms in total. The van der Waals surface area contributed by atoms with E-state index >= 15 is 0 Å². The summed E-state index contributed by atoms with van der Waals surface area (Å²) in [5.74, 6) is 1.70. The number of aromatic nitrogens is 3. The molecule has 2 unspecified atom stereocenters. The van der Waals surface area contributed by atoms with Crippen molar-refractivity contribution in [2.24, 2.45) is 5.92 Å². The molecule has 4 aliphatic rings. The number of carbonyl (C=O) groups is 2. The summed E-state index contributed by atoms with van der Waals surface area (Å²) >= 11 is 0. The van der Waals surface area contributed by atoms with Crippen LogP contribution >= 0.6 is 0 Å². The molecule has 2 atom stereocenters. The topological polar surface area (TPSA) is 86.6 Å². The number of nitrogens with zero attached hydrogens (tertiary/aromatic N) is 6. The number of nitrogens with one attached hydrogen (secondary N) is 1. The fourth-order valence-corrected chi connectivity index (χ4v) is 7.94. The van der Waals surface area contributed by atoms with Gasteiger partial charge in [0.15, 0.2) is 0 Å². The van der Waals surface area contributed by atoms with Crippen molar-refractivity contribution in [3.8, 4) is 0 Å². The second-order valence-electron chi connectivity index (χ2n) is 12.8. The van der Waals surface area contributed by atoms with Crippen LogP contribution in [0.15, 0.2) is 54.9 Å². The molecule has 2 aromatic heterocycles. The quantitative estimate of drug-likeness (QED) is 0.376. The molecule has 7 rings (SSSR count). The van der Waals surface area contributed by atoms with E-state index in [1.807, 2.05) is 47.4 Å². The highest BCUT2D eigenvalue weighted by Gasteiger charge is 2.42. The maximum Gasteiger partial charge on any atom is 0.326 e. The number of carbonyl (C=O) groups excluding carboxylic acids is 2. The molecule has 2 bridgehead atoms. The number of hydrogen-bond acceptors (Lipinski definition) is 5. The Hall–Kier alpha value is -3.72. The van der Waals surface area contributed by atoms with E-state index in [9.17, 15) is 9.59 Å². The lowest BCUT2D eigenvalue weighted by Gasteiger charge is -2.41. The number of anilines is 2. The first-order chi connectivity index (χ1) is 21.0. The zero-order chi connectivity index (χ0) is 29.3. The highest BCUT2D eigenvalue weighted by molar-refractivity contribution is 6.01. The number of aryl methyl sites for hydroxylation is 1. The van der Waals surface area contributed by atoms with Gasteiger partial charge < -0.3 is 14.8 Å². The first-order valence-electron chi connectivity index (χ1n) is 16.2. The molecule has 3 aliphatic heterocycles. The normalized spacial score (nSPS) is 23.5. The number of hydrogen-bond donors (Lipinski definition) is 1. The van der Waals surface area contributed by atoms with Crippen molar-refractivity contribution in [1.29, 1.82) is 0 Å². The summed E-state index contributed by atoms with van der Waals surface area (Å²) in [5.41, 5.74) is 4.09. The summed E-state index contributed by atoms with van der Waals surface area (Å²) in [5, 5.41) is 3.01. The predicted octanol–water partition coefficient (Wildman–Crippen LogP) is 5.57. The standard InChI is InChI=1S/C34H43N7O2/c1-24-36-31-23-38(33(42)25-8-5-9-25)19-15-32(31)41(24)30-20-28-13-14-29(21-30)39(28)17-7-18-40(27-11-3-2-4-12-27)34(43)37-26-10-6-16-35-22-26/h2-4,6,10-12,16,22,25,28-30H,5,7-9,13-15,17-21,23H2,1H3,(H,37,43). The van der Waals surface area contributed by atoms with E-state index < -0.39 is 0 Å². The van der Waals surface area contributed by atoms with Gasteiger partial charge in [-0.2, -0.15) is 0 Å². The van der Waals surface area contributed by atoms with Crippen molar-refractivity contribution >= 4 is 23.3 Å². The van der Waals surface area contributed by atoms with Gasteiger partial charge in [0.1, 0.15) is 5.82 Å². The molecule has 3 fully saturated rings. The van der Waals surface area contributed by atoms with Crippen LogP contribution in [0.4, 0.5) is 16.2 Å². The minimum atomic E-state index is -0.130. The molecule has 3 amide bonds. The van der Waals surface area contributed by atoms with Gasteiger partial charge in [-0.1, -0.05) is 24.6 Å². The molecule has 43 heavy (non-hydrogen) atoms. The molecule has 1 aromatic carbocycles. The van der Waals surface area contributed by atoms with Crippen molar-refractivity contribution in [2.45, 2.75) is 89.4 Å². The van der Waals surface area contributed by atoms with Crippen molar-refractivity contribution in [2.75, 3.05) is 29.9 Å². The number of pyridine rings is 1. The molecule has 1 saturated carbocycles. The smallest absolute Gasteiger partial charge is 0.326 e. The molecule has 5 heterocycles. The summed E-state index contributed by atoms with van der Waals surface area (Å²) in [7, 11) is 0. The Morgan fingerprint density at radius 3 is 2.49 bits per heavy atom. The molecule has 0 spiro atoms. The van der Waals surface area contributed by atoms with Crippen LogP contribution in [0.5, 0.6) is 0 Å².